The van der Waals surface area contributed by atoms with Gasteiger partial charge in [0.1, 0.15) is 11.6 Å². The third-order valence-electron chi connectivity index (χ3n) is 3.30. The Morgan fingerprint density at radius 2 is 1.84 bits per heavy atom. The van der Waals surface area contributed by atoms with Crippen LogP contribution in [0.2, 0.25) is 5.02 Å². The molecule has 7 heteroatoms. The topological polar surface area (TPSA) is 91.6 Å². The predicted octanol–water partition coefficient (Wildman–Crippen LogP) is 3.61. The normalized spacial score (nSPS) is 10.7. The summed E-state index contributed by atoms with van der Waals surface area (Å²) in [6, 6.07) is 11.5. The van der Waals surface area contributed by atoms with Crippen LogP contribution in [0.25, 0.3) is 6.08 Å². The molecule has 0 bridgehead atoms. The molecular formula is C18H15ClN2O4. The third kappa shape index (κ3) is 4.22. The molecule has 0 fully saturated rings. The molecule has 1 amide bonds. The Hall–Kier alpha value is -3.17. The molecule has 0 aliphatic rings. The van der Waals surface area contributed by atoms with E-state index in [0.717, 1.165) is 0 Å². The van der Waals surface area contributed by atoms with Crippen LogP contribution >= 0.6 is 11.6 Å². The summed E-state index contributed by atoms with van der Waals surface area (Å²) in [5.41, 5.74) is 0.711. The standard InChI is InChI=1S/C18H15ClN2O4/c1-24-15-8-11(9-16(25-2)17(15)22)7-12(10-20)18(23)21-14-6-4-3-5-13(14)19/h3-9,22H,1-2H3,(H,21,23)/b12-7+. The van der Waals surface area contributed by atoms with E-state index >= 15 is 0 Å². The zero-order chi connectivity index (χ0) is 18.4. The van der Waals surface area contributed by atoms with Gasteiger partial charge in [0.15, 0.2) is 11.5 Å². The highest BCUT2D eigenvalue weighted by atomic mass is 35.5. The maximum atomic E-state index is 12.3. The number of nitrogens with zero attached hydrogens (tertiary/aromatic N) is 1. The number of phenolic OH excluding ortho intramolecular Hbond substituents is 1. The van der Waals surface area contributed by atoms with E-state index in [0.29, 0.717) is 16.3 Å². The molecule has 0 atom stereocenters. The summed E-state index contributed by atoms with van der Waals surface area (Å²) in [6.07, 6.45) is 1.36. The van der Waals surface area contributed by atoms with Crippen molar-refractivity contribution >= 4 is 29.3 Å². The van der Waals surface area contributed by atoms with E-state index in [9.17, 15) is 15.2 Å². The number of phenols is 1. The lowest BCUT2D eigenvalue weighted by atomic mass is 10.1. The second-order valence-corrected chi connectivity index (χ2v) is 5.29. The first-order valence-corrected chi connectivity index (χ1v) is 7.50. The lowest BCUT2D eigenvalue weighted by Crippen LogP contribution is -2.13. The fourth-order valence-corrected chi connectivity index (χ4v) is 2.25. The first kappa shape index (κ1) is 18.2. The van der Waals surface area contributed by atoms with Gasteiger partial charge in [-0.05, 0) is 35.9 Å². The van der Waals surface area contributed by atoms with E-state index in [4.69, 9.17) is 21.1 Å². The molecule has 0 saturated heterocycles. The van der Waals surface area contributed by atoms with Gasteiger partial charge in [-0.3, -0.25) is 4.79 Å². The number of amides is 1. The fourth-order valence-electron chi connectivity index (χ4n) is 2.06. The Bertz CT molecular complexity index is 847. The van der Waals surface area contributed by atoms with Crippen molar-refractivity contribution in [2.45, 2.75) is 0 Å². The van der Waals surface area contributed by atoms with Crippen molar-refractivity contribution in [3.05, 3.63) is 52.6 Å². The molecule has 2 rings (SSSR count). The molecule has 0 unspecified atom stereocenters. The van der Waals surface area contributed by atoms with E-state index in [-0.39, 0.29) is 22.8 Å². The summed E-state index contributed by atoms with van der Waals surface area (Å²) >= 11 is 6.00. The van der Waals surface area contributed by atoms with Crippen LogP contribution in [0, 0.1) is 11.3 Å². The average molecular weight is 359 g/mol. The summed E-state index contributed by atoms with van der Waals surface area (Å²) in [7, 11) is 2.77. The molecule has 6 nitrogen and oxygen atoms in total. The van der Waals surface area contributed by atoms with Gasteiger partial charge in [-0.25, -0.2) is 0 Å². The molecule has 0 aliphatic carbocycles. The highest BCUT2D eigenvalue weighted by molar-refractivity contribution is 6.34. The number of carbonyl (C=O) groups is 1. The summed E-state index contributed by atoms with van der Waals surface area (Å²) in [4.78, 5) is 12.3. The molecule has 0 aliphatic heterocycles. The Balaban J connectivity index is 2.36. The summed E-state index contributed by atoms with van der Waals surface area (Å²) in [5.74, 6) is -0.452. The van der Waals surface area contributed by atoms with Crippen molar-refractivity contribution in [1.29, 1.82) is 5.26 Å². The van der Waals surface area contributed by atoms with E-state index in [2.05, 4.69) is 5.32 Å². The van der Waals surface area contributed by atoms with Crippen molar-refractivity contribution in [1.82, 2.24) is 0 Å². The molecular weight excluding hydrogens is 344 g/mol. The second-order valence-electron chi connectivity index (χ2n) is 4.88. The zero-order valence-corrected chi connectivity index (χ0v) is 14.3. The lowest BCUT2D eigenvalue weighted by molar-refractivity contribution is -0.112. The van der Waals surface area contributed by atoms with Gasteiger partial charge in [-0.1, -0.05) is 23.7 Å². The van der Waals surface area contributed by atoms with Gasteiger partial charge in [-0.15, -0.1) is 0 Å². The maximum absolute atomic E-state index is 12.3. The minimum absolute atomic E-state index is 0.144. The quantitative estimate of drug-likeness (QED) is 0.629. The zero-order valence-electron chi connectivity index (χ0n) is 13.5. The number of anilines is 1. The van der Waals surface area contributed by atoms with E-state index in [1.54, 1.807) is 24.3 Å². The number of ether oxygens (including phenoxy) is 2. The van der Waals surface area contributed by atoms with Gasteiger partial charge in [0.25, 0.3) is 5.91 Å². The second kappa shape index (κ2) is 8.08. The highest BCUT2D eigenvalue weighted by Gasteiger charge is 2.14. The van der Waals surface area contributed by atoms with Crippen LogP contribution < -0.4 is 14.8 Å². The monoisotopic (exact) mass is 358 g/mol. The minimum atomic E-state index is -0.610. The molecule has 2 aromatic rings. The maximum Gasteiger partial charge on any atom is 0.266 e. The van der Waals surface area contributed by atoms with Crippen LogP contribution in [-0.2, 0) is 4.79 Å². The lowest BCUT2D eigenvalue weighted by Gasteiger charge is -2.10. The summed E-state index contributed by atoms with van der Waals surface area (Å²) < 4.78 is 10.1. The van der Waals surface area contributed by atoms with Crippen molar-refractivity contribution in [3.63, 3.8) is 0 Å². The summed E-state index contributed by atoms with van der Waals surface area (Å²) in [6.45, 7) is 0. The molecule has 0 aromatic heterocycles. The third-order valence-corrected chi connectivity index (χ3v) is 3.63. The Morgan fingerprint density at radius 3 is 2.36 bits per heavy atom. The molecule has 25 heavy (non-hydrogen) atoms. The molecule has 0 spiro atoms. The molecule has 0 saturated carbocycles. The molecule has 0 radical (unpaired) electrons. The molecule has 2 aromatic carbocycles. The highest BCUT2D eigenvalue weighted by Crippen LogP contribution is 2.37. The summed E-state index contributed by atoms with van der Waals surface area (Å²) in [5, 5.41) is 22.1. The van der Waals surface area contributed by atoms with E-state index in [1.807, 2.05) is 6.07 Å². The molecule has 0 heterocycles. The molecule has 128 valence electrons. The van der Waals surface area contributed by atoms with Crippen LogP contribution in [0.15, 0.2) is 42.0 Å². The fraction of sp³-hybridized carbons (Fsp3) is 0.111. The smallest absolute Gasteiger partial charge is 0.266 e. The van der Waals surface area contributed by atoms with Crippen LogP contribution in [0.4, 0.5) is 5.69 Å². The number of para-hydroxylation sites is 1. The van der Waals surface area contributed by atoms with Crippen molar-refractivity contribution in [2.24, 2.45) is 0 Å². The van der Waals surface area contributed by atoms with Crippen molar-refractivity contribution in [3.8, 4) is 23.3 Å². The van der Waals surface area contributed by atoms with Crippen LogP contribution in [-0.4, -0.2) is 25.2 Å². The first-order valence-electron chi connectivity index (χ1n) is 7.12. The van der Waals surface area contributed by atoms with Crippen molar-refractivity contribution < 1.29 is 19.4 Å². The van der Waals surface area contributed by atoms with Gasteiger partial charge in [0, 0.05) is 0 Å². The van der Waals surface area contributed by atoms with Crippen molar-refractivity contribution in [2.75, 3.05) is 19.5 Å². The number of methoxy groups -OCH3 is 2. The number of halogens is 1. The van der Waals surface area contributed by atoms with Gasteiger partial charge in [-0.2, -0.15) is 5.26 Å². The minimum Gasteiger partial charge on any atom is -0.502 e. The SMILES string of the molecule is COc1cc(/C=C(\C#N)C(=O)Nc2ccccc2Cl)cc(OC)c1O. The van der Waals surface area contributed by atoms with Crippen LogP contribution in [0.3, 0.4) is 0 Å². The van der Waals surface area contributed by atoms with Gasteiger partial charge in [0.05, 0.1) is 24.9 Å². The van der Waals surface area contributed by atoms with E-state index in [1.165, 1.54) is 32.4 Å². The number of carbonyl (C=O) groups excluding carboxylic acids is 1. The number of aromatic hydroxyl groups is 1. The number of hydrogen-bond donors (Lipinski definition) is 2. The number of benzene rings is 2. The number of rotatable bonds is 5. The Labute approximate surface area is 149 Å². The first-order chi connectivity index (χ1) is 12.0. The van der Waals surface area contributed by atoms with Crippen LogP contribution in [0.1, 0.15) is 5.56 Å². The Morgan fingerprint density at radius 1 is 1.24 bits per heavy atom. The Kier molecular flexibility index (Phi) is 5.88. The predicted molar refractivity (Wildman–Crippen MR) is 94.9 cm³/mol. The van der Waals surface area contributed by atoms with Gasteiger partial charge < -0.3 is 19.9 Å². The van der Waals surface area contributed by atoms with Crippen LogP contribution in [0.5, 0.6) is 17.2 Å². The van der Waals surface area contributed by atoms with Gasteiger partial charge >= 0.3 is 0 Å². The van der Waals surface area contributed by atoms with E-state index < -0.39 is 5.91 Å². The number of nitrogens with one attached hydrogen (secondary N) is 1. The average Bonchev–Trinajstić information content (AvgIpc) is 2.62. The number of hydrogen-bond acceptors (Lipinski definition) is 5. The van der Waals surface area contributed by atoms with Gasteiger partial charge in [0.2, 0.25) is 5.75 Å². The number of nitriles is 1. The molecule has 2 N–H and O–H groups in total. The largest absolute Gasteiger partial charge is 0.502 e.